The lowest BCUT2D eigenvalue weighted by Gasteiger charge is -2.15. The van der Waals surface area contributed by atoms with Crippen molar-refractivity contribution >= 4 is 22.7 Å². The maximum Gasteiger partial charge on any atom is 0.119 e. The molecule has 6 aromatic rings. The SMILES string of the molecule is CCCCC(CC)COc1ccc(N=Nc2ccc(-c3ccnc(-c4cc(-c5ccc(N=Nc6ccc(OCC(CC)CCCC)cc6)cc5)ccn4)c3)cc2)cc1. The maximum absolute atomic E-state index is 6.04. The molecule has 0 fully saturated rings. The van der Waals surface area contributed by atoms with Crippen LogP contribution in [0.4, 0.5) is 22.7 Å². The van der Waals surface area contributed by atoms with Crippen molar-refractivity contribution in [3.05, 3.63) is 134 Å². The molecule has 0 saturated heterocycles. The first-order chi connectivity index (χ1) is 28.5. The second-order valence-electron chi connectivity index (χ2n) is 14.8. The van der Waals surface area contributed by atoms with Gasteiger partial charge in [-0.2, -0.15) is 20.5 Å². The Balaban J connectivity index is 1.03. The molecule has 8 heteroatoms. The average Bonchev–Trinajstić information content (AvgIpc) is 3.29. The molecule has 2 heterocycles. The molecule has 0 N–H and O–H groups in total. The fourth-order valence-electron chi connectivity index (χ4n) is 6.61. The third-order valence-electron chi connectivity index (χ3n) is 10.5. The fourth-order valence-corrected chi connectivity index (χ4v) is 6.61. The van der Waals surface area contributed by atoms with Crippen molar-refractivity contribution in [2.24, 2.45) is 32.3 Å². The van der Waals surface area contributed by atoms with E-state index in [2.05, 4.69) is 94.5 Å². The Hall–Kier alpha value is -6.02. The molecule has 0 amide bonds. The second kappa shape index (κ2) is 22.1. The summed E-state index contributed by atoms with van der Waals surface area (Å²) < 4.78 is 12.1. The van der Waals surface area contributed by atoms with E-state index in [4.69, 9.17) is 9.47 Å². The number of aromatic nitrogens is 2. The summed E-state index contributed by atoms with van der Waals surface area (Å²) in [6, 6.07) is 39.9. The standard InChI is InChI=1S/C50H56N6O2/c1-5-9-11-37(7-3)35-57-47-25-21-45(22-26-47)55-53-43-17-13-39(14-18-43)41-29-31-51-49(33-41)50-34-42(30-32-52-50)40-15-19-44(20-16-40)54-56-46-23-27-48(28-24-46)58-36-38(8-4)12-10-6-2/h13-34,37-38H,5-12,35-36H2,1-4H3. The third-order valence-corrected chi connectivity index (χ3v) is 10.5. The lowest BCUT2D eigenvalue weighted by atomic mass is 10.0. The highest BCUT2D eigenvalue weighted by molar-refractivity contribution is 5.73. The van der Waals surface area contributed by atoms with Crippen LogP contribution in [0.5, 0.6) is 11.5 Å². The van der Waals surface area contributed by atoms with Gasteiger partial charge < -0.3 is 9.47 Å². The highest BCUT2D eigenvalue weighted by atomic mass is 16.5. The van der Waals surface area contributed by atoms with Gasteiger partial charge in [-0.1, -0.05) is 90.5 Å². The van der Waals surface area contributed by atoms with E-state index in [9.17, 15) is 0 Å². The number of rotatable bonds is 21. The Morgan fingerprint density at radius 2 is 0.776 bits per heavy atom. The third kappa shape index (κ3) is 12.5. The van der Waals surface area contributed by atoms with Gasteiger partial charge in [-0.25, -0.2) is 0 Å². The van der Waals surface area contributed by atoms with Crippen LogP contribution in [0, 0.1) is 11.8 Å². The predicted octanol–water partition coefficient (Wildman–Crippen LogP) is 15.5. The molecule has 6 rings (SSSR count). The van der Waals surface area contributed by atoms with Crippen LogP contribution in [0.3, 0.4) is 0 Å². The van der Waals surface area contributed by atoms with Crippen molar-refractivity contribution in [2.45, 2.75) is 79.1 Å². The van der Waals surface area contributed by atoms with Gasteiger partial charge >= 0.3 is 0 Å². The van der Waals surface area contributed by atoms with Gasteiger partial charge in [0.15, 0.2) is 0 Å². The summed E-state index contributed by atoms with van der Waals surface area (Å²) in [6.45, 7) is 10.4. The summed E-state index contributed by atoms with van der Waals surface area (Å²) in [5.41, 5.74) is 8.91. The zero-order chi connectivity index (χ0) is 40.4. The number of benzene rings is 4. The van der Waals surface area contributed by atoms with Gasteiger partial charge in [0.2, 0.25) is 0 Å². The topological polar surface area (TPSA) is 93.7 Å². The Bertz CT molecular complexity index is 2020. The molecule has 0 bridgehead atoms. The quantitative estimate of drug-likeness (QED) is 0.0681. The van der Waals surface area contributed by atoms with Gasteiger partial charge in [-0.15, -0.1) is 0 Å². The molecule has 0 spiro atoms. The molecule has 2 unspecified atom stereocenters. The number of pyridine rings is 2. The summed E-state index contributed by atoms with van der Waals surface area (Å²) in [7, 11) is 0. The van der Waals surface area contributed by atoms with Crippen molar-refractivity contribution < 1.29 is 9.47 Å². The molecular weight excluding hydrogens is 717 g/mol. The van der Waals surface area contributed by atoms with E-state index in [1.165, 1.54) is 38.5 Å². The molecular formula is C50H56N6O2. The first-order valence-corrected chi connectivity index (χ1v) is 21.0. The normalized spacial score (nSPS) is 12.6. The van der Waals surface area contributed by atoms with E-state index in [-0.39, 0.29) is 0 Å². The number of hydrogen-bond acceptors (Lipinski definition) is 8. The molecule has 2 atom stereocenters. The first-order valence-electron chi connectivity index (χ1n) is 21.0. The first kappa shape index (κ1) is 41.6. The molecule has 298 valence electrons. The van der Waals surface area contributed by atoms with Gasteiger partial charge in [0.25, 0.3) is 0 Å². The van der Waals surface area contributed by atoms with Crippen LogP contribution in [-0.2, 0) is 0 Å². The van der Waals surface area contributed by atoms with Gasteiger partial charge in [0.05, 0.1) is 47.4 Å². The van der Waals surface area contributed by atoms with Crippen LogP contribution < -0.4 is 9.47 Å². The minimum Gasteiger partial charge on any atom is -0.493 e. The molecule has 0 aliphatic rings. The van der Waals surface area contributed by atoms with Crippen molar-refractivity contribution in [2.75, 3.05) is 13.2 Å². The molecule has 58 heavy (non-hydrogen) atoms. The minimum absolute atomic E-state index is 0.596. The zero-order valence-corrected chi connectivity index (χ0v) is 34.4. The predicted molar refractivity (Wildman–Crippen MR) is 237 cm³/mol. The summed E-state index contributed by atoms with van der Waals surface area (Å²) in [5.74, 6) is 2.93. The van der Waals surface area contributed by atoms with E-state index in [0.717, 1.165) is 93.9 Å². The van der Waals surface area contributed by atoms with Crippen LogP contribution in [0.1, 0.15) is 79.1 Å². The number of unbranched alkanes of at least 4 members (excludes halogenated alkanes) is 2. The van der Waals surface area contributed by atoms with E-state index < -0.39 is 0 Å². The van der Waals surface area contributed by atoms with Gasteiger partial charge in [0, 0.05) is 12.4 Å². The highest BCUT2D eigenvalue weighted by Crippen LogP contribution is 2.30. The average molecular weight is 773 g/mol. The lowest BCUT2D eigenvalue weighted by molar-refractivity contribution is 0.233. The number of azo groups is 2. The molecule has 0 aliphatic heterocycles. The monoisotopic (exact) mass is 772 g/mol. The van der Waals surface area contributed by atoms with Crippen LogP contribution in [0.15, 0.2) is 154 Å². The van der Waals surface area contributed by atoms with Crippen LogP contribution >= 0.6 is 0 Å². The van der Waals surface area contributed by atoms with Crippen molar-refractivity contribution in [3.63, 3.8) is 0 Å². The van der Waals surface area contributed by atoms with Crippen molar-refractivity contribution in [1.82, 2.24) is 9.97 Å². The molecule has 2 aromatic heterocycles. The maximum atomic E-state index is 6.04. The summed E-state index contributed by atoms with van der Waals surface area (Å²) >= 11 is 0. The minimum atomic E-state index is 0.596. The molecule has 0 saturated carbocycles. The number of hydrogen-bond donors (Lipinski definition) is 0. The Morgan fingerprint density at radius 1 is 0.431 bits per heavy atom. The van der Waals surface area contributed by atoms with E-state index in [0.29, 0.717) is 11.8 Å². The van der Waals surface area contributed by atoms with Gasteiger partial charge in [-0.3, -0.25) is 9.97 Å². The molecule has 0 aliphatic carbocycles. The fraction of sp³-hybridized carbons (Fsp3) is 0.320. The van der Waals surface area contributed by atoms with E-state index in [1.807, 2.05) is 97.3 Å². The highest BCUT2D eigenvalue weighted by Gasteiger charge is 2.10. The van der Waals surface area contributed by atoms with E-state index >= 15 is 0 Å². The van der Waals surface area contributed by atoms with Crippen molar-refractivity contribution in [1.29, 1.82) is 0 Å². The van der Waals surface area contributed by atoms with Gasteiger partial charge in [0.1, 0.15) is 11.5 Å². The van der Waals surface area contributed by atoms with Gasteiger partial charge in [-0.05, 0) is 144 Å². The molecule has 4 aromatic carbocycles. The summed E-state index contributed by atoms with van der Waals surface area (Å²) in [5, 5.41) is 17.8. The summed E-state index contributed by atoms with van der Waals surface area (Å²) in [6.07, 6.45) is 13.3. The van der Waals surface area contributed by atoms with Crippen LogP contribution in [-0.4, -0.2) is 23.2 Å². The van der Waals surface area contributed by atoms with E-state index in [1.54, 1.807) is 0 Å². The molecule has 8 nitrogen and oxygen atoms in total. The Kier molecular flexibility index (Phi) is 15.8. The molecule has 0 radical (unpaired) electrons. The van der Waals surface area contributed by atoms with Crippen LogP contribution in [0.25, 0.3) is 33.6 Å². The lowest BCUT2D eigenvalue weighted by Crippen LogP contribution is -2.11. The largest absolute Gasteiger partial charge is 0.493 e. The van der Waals surface area contributed by atoms with Crippen molar-refractivity contribution in [3.8, 4) is 45.1 Å². The second-order valence-corrected chi connectivity index (χ2v) is 14.8. The Labute approximate surface area is 344 Å². The smallest absolute Gasteiger partial charge is 0.119 e. The number of nitrogens with zero attached hydrogens (tertiary/aromatic N) is 6. The Morgan fingerprint density at radius 3 is 1.10 bits per heavy atom. The zero-order valence-electron chi connectivity index (χ0n) is 34.4. The van der Waals surface area contributed by atoms with Crippen LogP contribution in [0.2, 0.25) is 0 Å². The summed E-state index contributed by atoms with van der Waals surface area (Å²) in [4.78, 5) is 9.32. The number of ether oxygens (including phenoxy) is 2.